The number of thiazole rings is 1. The standard InChI is InChI=1S/C8H6N2O5S3/c11-8(12)6-7(17-4-9-6)10(18(13,14)15)5-1-2-16-3-5/h1-4H,(H,11,12)(H,13,14,15). The monoisotopic (exact) mass is 306 g/mol. The molecule has 7 nitrogen and oxygen atoms in total. The fourth-order valence-electron chi connectivity index (χ4n) is 1.26. The Kier molecular flexibility index (Phi) is 3.34. The van der Waals surface area contributed by atoms with Gasteiger partial charge in [-0.3, -0.25) is 4.55 Å². The summed E-state index contributed by atoms with van der Waals surface area (Å²) < 4.78 is 32.5. The Labute approximate surface area is 110 Å². The van der Waals surface area contributed by atoms with Crippen molar-refractivity contribution in [2.75, 3.05) is 4.31 Å². The van der Waals surface area contributed by atoms with Crippen LogP contribution in [0.25, 0.3) is 0 Å². The number of carbonyl (C=O) groups is 1. The SMILES string of the molecule is O=C(O)c1ncsc1N(c1ccsc1)S(=O)(=O)O. The van der Waals surface area contributed by atoms with Crippen molar-refractivity contribution in [2.24, 2.45) is 0 Å². The molecular formula is C8H6N2O5S3. The maximum Gasteiger partial charge on any atom is 0.365 e. The predicted octanol–water partition coefficient (Wildman–Crippen LogP) is 1.84. The number of hydrogen-bond donors (Lipinski definition) is 2. The zero-order valence-corrected chi connectivity index (χ0v) is 11.0. The first-order valence-corrected chi connectivity index (χ1v) is 7.60. The van der Waals surface area contributed by atoms with Gasteiger partial charge in [0.1, 0.15) is 5.00 Å². The molecule has 2 heterocycles. The molecular weight excluding hydrogens is 300 g/mol. The molecule has 0 saturated heterocycles. The summed E-state index contributed by atoms with van der Waals surface area (Å²) in [6.07, 6.45) is 0. The zero-order chi connectivity index (χ0) is 13.3. The van der Waals surface area contributed by atoms with Gasteiger partial charge in [-0.2, -0.15) is 19.8 Å². The molecule has 2 N–H and O–H groups in total. The summed E-state index contributed by atoms with van der Waals surface area (Å²) in [5.41, 5.74) is 0.932. The van der Waals surface area contributed by atoms with Crippen molar-refractivity contribution in [3.05, 3.63) is 28.0 Å². The minimum atomic E-state index is -4.62. The molecule has 10 heteroatoms. The van der Waals surface area contributed by atoms with Gasteiger partial charge in [-0.05, 0) is 11.4 Å². The van der Waals surface area contributed by atoms with E-state index in [1.54, 1.807) is 5.38 Å². The quantitative estimate of drug-likeness (QED) is 0.834. The number of rotatable bonds is 4. The second kappa shape index (κ2) is 4.65. The lowest BCUT2D eigenvalue weighted by Gasteiger charge is -2.17. The van der Waals surface area contributed by atoms with Crippen LogP contribution < -0.4 is 4.31 Å². The molecule has 2 aromatic heterocycles. The van der Waals surface area contributed by atoms with Crippen LogP contribution in [0, 0.1) is 0 Å². The fraction of sp³-hybridized carbons (Fsp3) is 0. The van der Waals surface area contributed by atoms with Gasteiger partial charge in [0.2, 0.25) is 0 Å². The van der Waals surface area contributed by atoms with Gasteiger partial charge in [0.25, 0.3) is 0 Å². The second-order valence-corrected chi connectivity index (χ2v) is 5.91. The number of aromatic carboxylic acids is 1. The van der Waals surface area contributed by atoms with Gasteiger partial charge in [-0.25, -0.2) is 14.1 Å². The Morgan fingerprint density at radius 3 is 2.67 bits per heavy atom. The molecule has 0 fully saturated rings. The average molecular weight is 306 g/mol. The highest BCUT2D eigenvalue weighted by Crippen LogP contribution is 2.35. The number of aromatic nitrogens is 1. The van der Waals surface area contributed by atoms with Crippen molar-refractivity contribution in [1.29, 1.82) is 0 Å². The molecule has 0 unspecified atom stereocenters. The average Bonchev–Trinajstić information content (AvgIpc) is 2.86. The predicted molar refractivity (Wildman–Crippen MR) is 67.1 cm³/mol. The molecule has 18 heavy (non-hydrogen) atoms. The minimum Gasteiger partial charge on any atom is -0.476 e. The lowest BCUT2D eigenvalue weighted by atomic mass is 10.4. The lowest BCUT2D eigenvalue weighted by molar-refractivity contribution is 0.0692. The Bertz CT molecular complexity index is 661. The van der Waals surface area contributed by atoms with Gasteiger partial charge in [0.05, 0.1) is 11.2 Å². The minimum absolute atomic E-state index is 0.161. The van der Waals surface area contributed by atoms with E-state index in [0.29, 0.717) is 4.31 Å². The first-order valence-electron chi connectivity index (χ1n) is 4.38. The molecule has 0 amide bonds. The third-order valence-corrected chi connectivity index (χ3v) is 4.36. The van der Waals surface area contributed by atoms with Crippen LogP contribution in [0.1, 0.15) is 10.5 Å². The van der Waals surface area contributed by atoms with E-state index in [0.717, 1.165) is 11.3 Å². The van der Waals surface area contributed by atoms with E-state index in [1.165, 1.54) is 28.3 Å². The molecule has 0 aromatic carbocycles. The summed E-state index contributed by atoms with van der Waals surface area (Å²) in [6, 6.07) is 1.45. The van der Waals surface area contributed by atoms with Crippen LogP contribution >= 0.6 is 22.7 Å². The van der Waals surface area contributed by atoms with Crippen molar-refractivity contribution in [2.45, 2.75) is 0 Å². The van der Waals surface area contributed by atoms with Crippen LogP contribution in [0.15, 0.2) is 22.3 Å². The fourth-order valence-corrected chi connectivity index (χ4v) is 3.74. The summed E-state index contributed by atoms with van der Waals surface area (Å²) >= 11 is 2.03. The molecule has 96 valence electrons. The molecule has 0 atom stereocenters. The first kappa shape index (κ1) is 13.0. The van der Waals surface area contributed by atoms with E-state index in [4.69, 9.17) is 5.11 Å². The number of carboxylic acids is 1. The molecule has 2 rings (SSSR count). The zero-order valence-electron chi connectivity index (χ0n) is 8.55. The highest BCUT2D eigenvalue weighted by Gasteiger charge is 2.29. The Morgan fingerprint density at radius 2 is 2.17 bits per heavy atom. The summed E-state index contributed by atoms with van der Waals surface area (Å²) in [5.74, 6) is -1.37. The van der Waals surface area contributed by atoms with Crippen molar-refractivity contribution in [1.82, 2.24) is 4.98 Å². The Balaban J connectivity index is 2.62. The molecule has 0 radical (unpaired) electrons. The van der Waals surface area contributed by atoms with Crippen LogP contribution in [0.2, 0.25) is 0 Å². The molecule has 0 aliphatic carbocycles. The van der Waals surface area contributed by atoms with E-state index in [-0.39, 0.29) is 10.7 Å². The van der Waals surface area contributed by atoms with Gasteiger partial charge < -0.3 is 5.11 Å². The normalized spacial score (nSPS) is 11.4. The highest BCUT2D eigenvalue weighted by atomic mass is 32.2. The third kappa shape index (κ3) is 2.36. The summed E-state index contributed by atoms with van der Waals surface area (Å²) in [5, 5.41) is 11.8. The van der Waals surface area contributed by atoms with E-state index >= 15 is 0 Å². The molecule has 0 saturated carbocycles. The Hall–Kier alpha value is -1.49. The maximum atomic E-state index is 11.4. The van der Waals surface area contributed by atoms with Crippen molar-refractivity contribution < 1.29 is 22.9 Å². The van der Waals surface area contributed by atoms with Crippen LogP contribution in [0.5, 0.6) is 0 Å². The van der Waals surface area contributed by atoms with Gasteiger partial charge >= 0.3 is 16.3 Å². The highest BCUT2D eigenvalue weighted by molar-refractivity contribution is 7.87. The molecule has 2 aromatic rings. The van der Waals surface area contributed by atoms with Crippen molar-refractivity contribution >= 4 is 49.6 Å². The number of carboxylic acid groups (broad SMARTS) is 1. The smallest absolute Gasteiger partial charge is 0.365 e. The topological polar surface area (TPSA) is 108 Å². The van der Waals surface area contributed by atoms with Gasteiger partial charge in [-0.1, -0.05) is 0 Å². The summed E-state index contributed by atoms with van der Waals surface area (Å²) in [7, 11) is -4.62. The van der Waals surface area contributed by atoms with E-state index in [9.17, 15) is 17.8 Å². The van der Waals surface area contributed by atoms with Crippen molar-refractivity contribution in [3.8, 4) is 0 Å². The van der Waals surface area contributed by atoms with Crippen LogP contribution in [-0.2, 0) is 10.3 Å². The van der Waals surface area contributed by atoms with E-state index in [1.807, 2.05) is 0 Å². The van der Waals surface area contributed by atoms with Crippen LogP contribution in [0.4, 0.5) is 10.7 Å². The molecule has 0 aliphatic heterocycles. The number of nitrogens with zero attached hydrogens (tertiary/aromatic N) is 2. The van der Waals surface area contributed by atoms with E-state index < -0.39 is 22.0 Å². The van der Waals surface area contributed by atoms with Gasteiger partial charge in [0, 0.05) is 5.38 Å². The summed E-state index contributed by atoms with van der Waals surface area (Å²) in [6.45, 7) is 0. The number of anilines is 2. The van der Waals surface area contributed by atoms with Crippen molar-refractivity contribution in [3.63, 3.8) is 0 Å². The first-order chi connectivity index (χ1) is 8.41. The lowest BCUT2D eigenvalue weighted by Crippen LogP contribution is -2.25. The third-order valence-electron chi connectivity index (χ3n) is 1.91. The molecule has 0 aliphatic rings. The maximum absolute atomic E-state index is 11.4. The second-order valence-electron chi connectivity index (χ2n) is 3.04. The number of thiophene rings is 1. The van der Waals surface area contributed by atoms with Gasteiger partial charge in [-0.15, -0.1) is 11.3 Å². The van der Waals surface area contributed by atoms with Gasteiger partial charge in [0.15, 0.2) is 5.69 Å². The Morgan fingerprint density at radius 1 is 1.44 bits per heavy atom. The van der Waals surface area contributed by atoms with Crippen LogP contribution in [0.3, 0.4) is 0 Å². The molecule has 0 bridgehead atoms. The molecule has 0 spiro atoms. The largest absolute Gasteiger partial charge is 0.476 e. The van der Waals surface area contributed by atoms with E-state index in [2.05, 4.69) is 4.98 Å². The van der Waals surface area contributed by atoms with Crippen LogP contribution in [-0.4, -0.2) is 29.0 Å². The number of hydrogen-bond acceptors (Lipinski definition) is 6. The summed E-state index contributed by atoms with van der Waals surface area (Å²) in [4.78, 5) is 14.5.